The summed E-state index contributed by atoms with van der Waals surface area (Å²) in [6, 6.07) is 10.5. The molecule has 0 aliphatic rings. The van der Waals surface area contributed by atoms with E-state index in [2.05, 4.69) is 10.3 Å². The molecule has 0 atom stereocenters. The van der Waals surface area contributed by atoms with E-state index in [1.54, 1.807) is 49.7 Å². The average molecular weight is 370 g/mol. The Morgan fingerprint density at radius 3 is 2.74 bits per heavy atom. The molecule has 0 aliphatic carbocycles. The monoisotopic (exact) mass is 370 g/mol. The van der Waals surface area contributed by atoms with Gasteiger partial charge in [0.05, 0.1) is 25.1 Å². The number of hydrogen-bond donors (Lipinski definition) is 2. The molecule has 0 aliphatic heterocycles. The summed E-state index contributed by atoms with van der Waals surface area (Å²) in [5.41, 5.74) is 1.80. The van der Waals surface area contributed by atoms with Gasteiger partial charge in [0.2, 0.25) is 5.91 Å². The quantitative estimate of drug-likeness (QED) is 0.628. The number of para-hydroxylation sites is 1. The fourth-order valence-electron chi connectivity index (χ4n) is 2.47. The van der Waals surface area contributed by atoms with E-state index >= 15 is 0 Å². The van der Waals surface area contributed by atoms with Crippen LogP contribution in [0.15, 0.2) is 41.4 Å². The molecule has 27 heavy (non-hydrogen) atoms. The van der Waals surface area contributed by atoms with Crippen molar-refractivity contribution in [1.29, 1.82) is 0 Å². The minimum absolute atomic E-state index is 0.0379. The molecule has 0 radical (unpaired) electrons. The third-order valence-electron chi connectivity index (χ3n) is 3.90. The Morgan fingerprint density at radius 1 is 1.22 bits per heavy atom. The van der Waals surface area contributed by atoms with Crippen LogP contribution >= 0.6 is 0 Å². The number of aliphatic imine (C=N–C) groups is 1. The first-order chi connectivity index (χ1) is 13.1. The Kier molecular flexibility index (Phi) is 7.67. The van der Waals surface area contributed by atoms with Crippen LogP contribution in [-0.4, -0.2) is 30.9 Å². The van der Waals surface area contributed by atoms with Gasteiger partial charge in [-0.25, -0.2) is 0 Å². The van der Waals surface area contributed by atoms with Crippen LogP contribution in [-0.2, 0) is 4.79 Å². The largest absolute Gasteiger partial charge is 0.504 e. The van der Waals surface area contributed by atoms with Crippen molar-refractivity contribution in [3.8, 4) is 17.2 Å². The first-order valence-electron chi connectivity index (χ1n) is 9.05. The highest BCUT2D eigenvalue weighted by molar-refractivity contribution is 5.93. The molecule has 0 unspecified atom stereocenters. The predicted molar refractivity (Wildman–Crippen MR) is 108 cm³/mol. The summed E-state index contributed by atoms with van der Waals surface area (Å²) < 4.78 is 10.7. The molecule has 144 valence electrons. The number of rotatable bonds is 9. The molecule has 0 saturated carbocycles. The predicted octanol–water partition coefficient (Wildman–Crippen LogP) is 4.68. The Balaban J connectivity index is 2.17. The van der Waals surface area contributed by atoms with Crippen molar-refractivity contribution in [3.63, 3.8) is 0 Å². The fourth-order valence-corrected chi connectivity index (χ4v) is 2.47. The summed E-state index contributed by atoms with van der Waals surface area (Å²) in [6.45, 7) is 4.37. The molecule has 2 aromatic carbocycles. The number of amides is 1. The number of anilines is 1. The normalized spacial score (nSPS) is 10.8. The van der Waals surface area contributed by atoms with Crippen molar-refractivity contribution in [2.24, 2.45) is 4.99 Å². The van der Waals surface area contributed by atoms with Gasteiger partial charge < -0.3 is 19.9 Å². The summed E-state index contributed by atoms with van der Waals surface area (Å²) in [4.78, 5) is 16.3. The lowest BCUT2D eigenvalue weighted by Crippen LogP contribution is -2.11. The zero-order valence-corrected chi connectivity index (χ0v) is 16.0. The van der Waals surface area contributed by atoms with Crippen LogP contribution in [0.3, 0.4) is 0 Å². The lowest BCUT2D eigenvalue weighted by Gasteiger charge is -2.11. The standard InChI is InChI=1S/C21H26N2O4/c1-4-6-10-20(24)23-17-12-11-16(13-19(17)26-3)22-14-15-8-7-9-18(21(15)25)27-5-2/h7-9,11-14,25H,4-6,10H2,1-3H3,(H,23,24). The molecule has 0 bridgehead atoms. The number of benzene rings is 2. The molecule has 0 spiro atoms. The Hall–Kier alpha value is -3.02. The second kappa shape index (κ2) is 10.2. The first-order valence-corrected chi connectivity index (χ1v) is 9.05. The van der Waals surface area contributed by atoms with Crippen LogP contribution < -0.4 is 14.8 Å². The molecule has 2 rings (SSSR count). The highest BCUT2D eigenvalue weighted by Gasteiger charge is 2.09. The number of nitrogens with one attached hydrogen (secondary N) is 1. The number of methoxy groups -OCH3 is 1. The highest BCUT2D eigenvalue weighted by atomic mass is 16.5. The highest BCUT2D eigenvalue weighted by Crippen LogP contribution is 2.31. The lowest BCUT2D eigenvalue weighted by molar-refractivity contribution is -0.116. The van der Waals surface area contributed by atoms with Gasteiger partial charge in [0.1, 0.15) is 5.75 Å². The van der Waals surface area contributed by atoms with Gasteiger partial charge in [-0.1, -0.05) is 19.4 Å². The van der Waals surface area contributed by atoms with Gasteiger partial charge in [-0.15, -0.1) is 0 Å². The molecule has 1 amide bonds. The van der Waals surface area contributed by atoms with E-state index in [0.717, 1.165) is 12.8 Å². The number of carbonyl (C=O) groups excluding carboxylic acids is 1. The number of phenols is 1. The van der Waals surface area contributed by atoms with Gasteiger partial charge in [0.15, 0.2) is 11.5 Å². The smallest absolute Gasteiger partial charge is 0.224 e. The van der Waals surface area contributed by atoms with Crippen LogP contribution in [0.25, 0.3) is 0 Å². The van der Waals surface area contributed by atoms with E-state index in [1.165, 1.54) is 0 Å². The van der Waals surface area contributed by atoms with Gasteiger partial charge in [-0.05, 0) is 37.6 Å². The molecule has 0 aromatic heterocycles. The van der Waals surface area contributed by atoms with E-state index in [-0.39, 0.29) is 11.7 Å². The summed E-state index contributed by atoms with van der Waals surface area (Å²) in [5, 5.41) is 13.1. The van der Waals surface area contributed by atoms with Crippen LogP contribution in [0.2, 0.25) is 0 Å². The van der Waals surface area contributed by atoms with Crippen molar-refractivity contribution in [2.75, 3.05) is 19.0 Å². The Bertz CT molecular complexity index is 803. The van der Waals surface area contributed by atoms with E-state index in [9.17, 15) is 9.90 Å². The van der Waals surface area contributed by atoms with Crippen molar-refractivity contribution in [3.05, 3.63) is 42.0 Å². The number of phenolic OH excluding ortho intramolecular Hbond substituents is 1. The molecule has 2 aromatic rings. The van der Waals surface area contributed by atoms with Crippen LogP contribution in [0.1, 0.15) is 38.7 Å². The number of hydrogen-bond acceptors (Lipinski definition) is 5. The molecular formula is C21H26N2O4. The number of nitrogens with zero attached hydrogens (tertiary/aromatic N) is 1. The van der Waals surface area contributed by atoms with Gasteiger partial charge >= 0.3 is 0 Å². The van der Waals surface area contributed by atoms with Crippen LogP contribution in [0.4, 0.5) is 11.4 Å². The van der Waals surface area contributed by atoms with Gasteiger partial charge in [-0.3, -0.25) is 9.79 Å². The maximum Gasteiger partial charge on any atom is 0.224 e. The maximum atomic E-state index is 11.9. The minimum atomic E-state index is -0.0379. The second-order valence-corrected chi connectivity index (χ2v) is 5.92. The molecule has 0 fully saturated rings. The zero-order chi connectivity index (χ0) is 19.6. The zero-order valence-electron chi connectivity index (χ0n) is 16.0. The number of aromatic hydroxyl groups is 1. The van der Waals surface area contributed by atoms with E-state index in [1.807, 2.05) is 13.8 Å². The Labute approximate surface area is 159 Å². The number of unbranched alkanes of at least 4 members (excludes halogenated alkanes) is 1. The minimum Gasteiger partial charge on any atom is -0.504 e. The van der Waals surface area contributed by atoms with Crippen LogP contribution in [0.5, 0.6) is 17.2 Å². The second-order valence-electron chi connectivity index (χ2n) is 5.92. The molecular weight excluding hydrogens is 344 g/mol. The van der Waals surface area contributed by atoms with Crippen molar-refractivity contribution in [1.82, 2.24) is 0 Å². The summed E-state index contributed by atoms with van der Waals surface area (Å²) in [7, 11) is 1.54. The summed E-state index contributed by atoms with van der Waals surface area (Å²) in [6.07, 6.45) is 3.86. The molecule has 6 nitrogen and oxygen atoms in total. The molecule has 2 N–H and O–H groups in total. The number of ether oxygens (including phenoxy) is 2. The van der Waals surface area contributed by atoms with E-state index in [4.69, 9.17) is 9.47 Å². The first kappa shape index (κ1) is 20.3. The van der Waals surface area contributed by atoms with Crippen molar-refractivity contribution < 1.29 is 19.4 Å². The average Bonchev–Trinajstić information content (AvgIpc) is 2.68. The topological polar surface area (TPSA) is 80.2 Å². The van der Waals surface area contributed by atoms with Gasteiger partial charge in [0.25, 0.3) is 0 Å². The van der Waals surface area contributed by atoms with E-state index < -0.39 is 0 Å². The fraction of sp³-hybridized carbons (Fsp3) is 0.333. The number of carbonyl (C=O) groups is 1. The SMILES string of the molecule is CCCCC(=O)Nc1ccc(N=Cc2cccc(OCC)c2O)cc1OC. The van der Waals surface area contributed by atoms with Gasteiger partial charge in [-0.2, -0.15) is 0 Å². The van der Waals surface area contributed by atoms with Crippen LogP contribution in [0, 0.1) is 0 Å². The lowest BCUT2D eigenvalue weighted by atomic mass is 10.2. The van der Waals surface area contributed by atoms with E-state index in [0.29, 0.717) is 41.5 Å². The molecule has 0 heterocycles. The third-order valence-corrected chi connectivity index (χ3v) is 3.90. The third kappa shape index (κ3) is 5.74. The van der Waals surface area contributed by atoms with Gasteiger partial charge in [0, 0.05) is 24.3 Å². The Morgan fingerprint density at radius 2 is 2.04 bits per heavy atom. The van der Waals surface area contributed by atoms with Crippen molar-refractivity contribution in [2.45, 2.75) is 33.1 Å². The molecule has 0 saturated heterocycles. The molecule has 6 heteroatoms. The summed E-state index contributed by atoms with van der Waals surface area (Å²) in [5.74, 6) is 0.963. The summed E-state index contributed by atoms with van der Waals surface area (Å²) >= 11 is 0. The maximum absolute atomic E-state index is 11.9. The van der Waals surface area contributed by atoms with Crippen molar-refractivity contribution >= 4 is 23.5 Å².